The molecule has 1 aromatic heterocycles. The van der Waals surface area contributed by atoms with Crippen LogP contribution in [0.25, 0.3) is 0 Å². The summed E-state index contributed by atoms with van der Waals surface area (Å²) in [5, 5.41) is 0. The molecule has 144 valence electrons. The molecule has 0 radical (unpaired) electrons. The predicted octanol–water partition coefficient (Wildman–Crippen LogP) is 2.05. The standard InChI is InChI=1S/C20H32N4O2/c1-22-16-21-12-18(22)14-23-8-6-20(7-9-23)5-2-19(25)24(15-20)13-17-3-10-26-11-4-17/h12,16-17H,2-11,13-15H2,1H3. The zero-order valence-corrected chi connectivity index (χ0v) is 16.0. The molecule has 26 heavy (non-hydrogen) atoms. The molecule has 0 N–H and O–H groups in total. The number of ether oxygens (including phenoxy) is 1. The van der Waals surface area contributed by atoms with Crippen molar-refractivity contribution >= 4 is 5.91 Å². The van der Waals surface area contributed by atoms with Gasteiger partial charge in [0, 0.05) is 52.5 Å². The molecule has 0 aromatic carbocycles. The molecule has 3 aliphatic rings. The van der Waals surface area contributed by atoms with E-state index in [0.717, 1.165) is 71.6 Å². The lowest BCUT2D eigenvalue weighted by Gasteiger charge is -2.48. The summed E-state index contributed by atoms with van der Waals surface area (Å²) in [5.74, 6) is 1.01. The fraction of sp³-hybridized carbons (Fsp3) is 0.800. The second-order valence-electron chi connectivity index (χ2n) is 8.60. The van der Waals surface area contributed by atoms with E-state index in [4.69, 9.17) is 4.74 Å². The van der Waals surface area contributed by atoms with Crippen molar-refractivity contribution in [1.29, 1.82) is 0 Å². The van der Waals surface area contributed by atoms with Crippen molar-refractivity contribution in [3.63, 3.8) is 0 Å². The van der Waals surface area contributed by atoms with Crippen LogP contribution < -0.4 is 0 Å². The Hall–Kier alpha value is -1.40. The molecular formula is C20H32N4O2. The third kappa shape index (κ3) is 3.96. The molecule has 1 spiro atoms. The van der Waals surface area contributed by atoms with Crippen LogP contribution in [-0.4, -0.2) is 64.7 Å². The van der Waals surface area contributed by atoms with E-state index in [9.17, 15) is 4.79 Å². The van der Waals surface area contributed by atoms with Gasteiger partial charge in [0.05, 0.1) is 12.0 Å². The van der Waals surface area contributed by atoms with Gasteiger partial charge in [-0.05, 0) is 56.5 Å². The number of imidazole rings is 1. The normalized spacial score (nSPS) is 25.1. The van der Waals surface area contributed by atoms with E-state index in [2.05, 4.69) is 26.4 Å². The summed E-state index contributed by atoms with van der Waals surface area (Å²) in [7, 11) is 2.06. The van der Waals surface area contributed by atoms with E-state index in [-0.39, 0.29) is 0 Å². The Bertz CT molecular complexity index is 615. The summed E-state index contributed by atoms with van der Waals surface area (Å²) in [4.78, 5) is 21.4. The van der Waals surface area contributed by atoms with Crippen LogP contribution in [0, 0.1) is 11.3 Å². The van der Waals surface area contributed by atoms with Crippen LogP contribution in [0.15, 0.2) is 12.5 Å². The molecule has 0 atom stereocenters. The lowest BCUT2D eigenvalue weighted by atomic mass is 9.72. The lowest BCUT2D eigenvalue weighted by molar-refractivity contribution is -0.140. The minimum absolute atomic E-state index is 0.349. The van der Waals surface area contributed by atoms with Gasteiger partial charge in [-0.25, -0.2) is 4.98 Å². The molecule has 3 fully saturated rings. The van der Waals surface area contributed by atoms with Crippen molar-refractivity contribution in [3.8, 4) is 0 Å². The first-order valence-corrected chi connectivity index (χ1v) is 10.2. The summed E-state index contributed by atoms with van der Waals surface area (Å²) in [5.41, 5.74) is 1.63. The number of carbonyl (C=O) groups excluding carboxylic acids is 1. The monoisotopic (exact) mass is 360 g/mol. The SMILES string of the molecule is Cn1cncc1CN1CCC2(CCC(=O)N(CC3CCOCC3)C2)CC1. The summed E-state index contributed by atoms with van der Waals surface area (Å²) in [6.45, 7) is 6.89. The molecule has 6 heteroatoms. The number of amides is 1. The highest BCUT2D eigenvalue weighted by atomic mass is 16.5. The van der Waals surface area contributed by atoms with Crippen molar-refractivity contribution in [2.24, 2.45) is 18.4 Å². The molecule has 3 aliphatic heterocycles. The quantitative estimate of drug-likeness (QED) is 0.825. The first kappa shape index (κ1) is 18.0. The average molecular weight is 361 g/mol. The highest BCUT2D eigenvalue weighted by molar-refractivity contribution is 5.77. The number of nitrogens with zero attached hydrogens (tertiary/aromatic N) is 4. The summed E-state index contributed by atoms with van der Waals surface area (Å²) in [6, 6.07) is 0. The topological polar surface area (TPSA) is 50.6 Å². The number of carbonyl (C=O) groups is 1. The molecule has 6 nitrogen and oxygen atoms in total. The van der Waals surface area contributed by atoms with Gasteiger partial charge in [-0.15, -0.1) is 0 Å². The van der Waals surface area contributed by atoms with E-state index >= 15 is 0 Å². The first-order valence-electron chi connectivity index (χ1n) is 10.2. The number of hydrogen-bond donors (Lipinski definition) is 0. The molecule has 4 rings (SSSR count). The number of piperidine rings is 2. The van der Waals surface area contributed by atoms with Gasteiger partial charge in [0.15, 0.2) is 0 Å². The Morgan fingerprint density at radius 2 is 2.00 bits per heavy atom. The van der Waals surface area contributed by atoms with Crippen LogP contribution in [0.5, 0.6) is 0 Å². The smallest absolute Gasteiger partial charge is 0.222 e. The van der Waals surface area contributed by atoms with Gasteiger partial charge in [-0.1, -0.05) is 0 Å². The molecule has 0 aliphatic carbocycles. The number of rotatable bonds is 4. The highest BCUT2D eigenvalue weighted by Gasteiger charge is 2.41. The highest BCUT2D eigenvalue weighted by Crippen LogP contribution is 2.41. The number of likely N-dealkylation sites (tertiary alicyclic amines) is 2. The van der Waals surface area contributed by atoms with E-state index in [0.29, 0.717) is 17.2 Å². The van der Waals surface area contributed by atoms with E-state index < -0.39 is 0 Å². The molecule has 1 aromatic rings. The Kier molecular flexibility index (Phi) is 5.32. The third-order valence-corrected chi connectivity index (χ3v) is 6.79. The van der Waals surface area contributed by atoms with E-state index in [1.54, 1.807) is 0 Å². The molecular weight excluding hydrogens is 328 g/mol. The van der Waals surface area contributed by atoms with Gasteiger partial charge in [0.25, 0.3) is 0 Å². The van der Waals surface area contributed by atoms with Crippen LogP contribution in [0.1, 0.15) is 44.2 Å². The zero-order valence-electron chi connectivity index (χ0n) is 16.0. The van der Waals surface area contributed by atoms with Crippen LogP contribution in [0.4, 0.5) is 0 Å². The second-order valence-corrected chi connectivity index (χ2v) is 8.60. The molecule has 3 saturated heterocycles. The predicted molar refractivity (Wildman–Crippen MR) is 99.5 cm³/mol. The van der Waals surface area contributed by atoms with Crippen LogP contribution in [-0.2, 0) is 23.1 Å². The van der Waals surface area contributed by atoms with E-state index in [1.807, 2.05) is 12.5 Å². The van der Waals surface area contributed by atoms with Crippen LogP contribution >= 0.6 is 0 Å². The zero-order chi connectivity index (χ0) is 18.0. The minimum atomic E-state index is 0.349. The Morgan fingerprint density at radius 1 is 1.23 bits per heavy atom. The van der Waals surface area contributed by atoms with Crippen LogP contribution in [0.2, 0.25) is 0 Å². The Balaban J connectivity index is 1.32. The molecule has 0 saturated carbocycles. The van der Waals surface area contributed by atoms with Crippen molar-refractivity contribution in [3.05, 3.63) is 18.2 Å². The fourth-order valence-electron chi connectivity index (χ4n) is 4.87. The number of aromatic nitrogens is 2. The molecule has 0 unspecified atom stereocenters. The van der Waals surface area contributed by atoms with Gasteiger partial charge in [-0.3, -0.25) is 9.69 Å². The first-order chi connectivity index (χ1) is 12.6. The van der Waals surface area contributed by atoms with Crippen molar-refractivity contribution in [1.82, 2.24) is 19.4 Å². The van der Waals surface area contributed by atoms with Crippen molar-refractivity contribution in [2.75, 3.05) is 39.4 Å². The molecule has 4 heterocycles. The minimum Gasteiger partial charge on any atom is -0.381 e. The summed E-state index contributed by atoms with van der Waals surface area (Å²) < 4.78 is 7.58. The second kappa shape index (κ2) is 7.69. The summed E-state index contributed by atoms with van der Waals surface area (Å²) in [6.07, 6.45) is 10.3. The van der Waals surface area contributed by atoms with Crippen LogP contribution in [0.3, 0.4) is 0 Å². The average Bonchev–Trinajstić information content (AvgIpc) is 3.06. The maximum Gasteiger partial charge on any atom is 0.222 e. The molecule has 0 bridgehead atoms. The van der Waals surface area contributed by atoms with Gasteiger partial charge in [0.2, 0.25) is 5.91 Å². The van der Waals surface area contributed by atoms with Crippen molar-refractivity contribution < 1.29 is 9.53 Å². The third-order valence-electron chi connectivity index (χ3n) is 6.79. The maximum absolute atomic E-state index is 12.5. The van der Waals surface area contributed by atoms with Crippen molar-refractivity contribution in [2.45, 2.75) is 45.1 Å². The largest absolute Gasteiger partial charge is 0.381 e. The Labute approximate surface area is 156 Å². The van der Waals surface area contributed by atoms with Gasteiger partial charge in [0.1, 0.15) is 0 Å². The van der Waals surface area contributed by atoms with E-state index in [1.165, 1.54) is 18.5 Å². The fourth-order valence-corrected chi connectivity index (χ4v) is 4.87. The maximum atomic E-state index is 12.5. The lowest BCUT2D eigenvalue weighted by Crippen LogP contribution is -2.52. The van der Waals surface area contributed by atoms with Gasteiger partial charge in [-0.2, -0.15) is 0 Å². The van der Waals surface area contributed by atoms with Gasteiger partial charge >= 0.3 is 0 Å². The molecule has 1 amide bonds. The summed E-state index contributed by atoms with van der Waals surface area (Å²) >= 11 is 0. The van der Waals surface area contributed by atoms with Gasteiger partial charge < -0.3 is 14.2 Å². The number of hydrogen-bond acceptors (Lipinski definition) is 4. The number of aryl methyl sites for hydroxylation is 1. The Morgan fingerprint density at radius 3 is 2.69 bits per heavy atom.